The molecule has 1 saturated carbocycles. The number of nitrogens with zero attached hydrogens (tertiary/aromatic N) is 1. The third kappa shape index (κ3) is 1.99. The standard InChI is InChI=1S/C15H19N3O2/c1-3-18-12-8-10(20-2)6-7-11(12)13(16)14(18)17-15(19)9-4-5-9/h6-9H,3-5,16H2,1-2H3,(H,17,19). The van der Waals surface area contributed by atoms with Crippen molar-refractivity contribution in [3.63, 3.8) is 0 Å². The van der Waals surface area contributed by atoms with Crippen molar-refractivity contribution in [2.24, 2.45) is 5.92 Å². The van der Waals surface area contributed by atoms with Crippen LogP contribution in [0.15, 0.2) is 18.2 Å². The van der Waals surface area contributed by atoms with Crippen molar-refractivity contribution in [3.8, 4) is 5.75 Å². The van der Waals surface area contributed by atoms with Crippen LogP contribution in [0.2, 0.25) is 0 Å². The van der Waals surface area contributed by atoms with Crippen LogP contribution in [-0.4, -0.2) is 17.6 Å². The van der Waals surface area contributed by atoms with Gasteiger partial charge in [0.05, 0.1) is 18.3 Å². The molecule has 1 aromatic carbocycles. The van der Waals surface area contributed by atoms with Crippen LogP contribution in [0.3, 0.4) is 0 Å². The van der Waals surface area contributed by atoms with Gasteiger partial charge in [-0.15, -0.1) is 0 Å². The largest absolute Gasteiger partial charge is 0.497 e. The zero-order valence-electron chi connectivity index (χ0n) is 11.8. The number of carbonyl (C=O) groups excluding carboxylic acids is 1. The van der Waals surface area contributed by atoms with Crippen molar-refractivity contribution < 1.29 is 9.53 Å². The molecule has 20 heavy (non-hydrogen) atoms. The molecule has 1 fully saturated rings. The van der Waals surface area contributed by atoms with Gasteiger partial charge in [-0.2, -0.15) is 0 Å². The molecule has 5 nitrogen and oxygen atoms in total. The zero-order valence-corrected chi connectivity index (χ0v) is 11.8. The lowest BCUT2D eigenvalue weighted by Crippen LogP contribution is -2.17. The van der Waals surface area contributed by atoms with Gasteiger partial charge in [0.2, 0.25) is 5.91 Å². The smallest absolute Gasteiger partial charge is 0.228 e. The molecule has 2 aromatic rings. The normalized spacial score (nSPS) is 14.5. The number of carbonyl (C=O) groups is 1. The van der Waals surface area contributed by atoms with E-state index < -0.39 is 0 Å². The third-order valence-corrected chi connectivity index (χ3v) is 3.82. The van der Waals surface area contributed by atoms with Crippen LogP contribution in [0.5, 0.6) is 5.75 Å². The highest BCUT2D eigenvalue weighted by Crippen LogP contribution is 2.37. The number of nitrogens with two attached hydrogens (primary N) is 1. The SMILES string of the molecule is CCn1c(NC(=O)C2CC2)c(N)c2ccc(OC)cc21. The van der Waals surface area contributed by atoms with Crippen LogP contribution >= 0.6 is 0 Å². The van der Waals surface area contributed by atoms with E-state index in [2.05, 4.69) is 5.32 Å². The summed E-state index contributed by atoms with van der Waals surface area (Å²) in [5.74, 6) is 1.71. The molecular formula is C15H19N3O2. The lowest BCUT2D eigenvalue weighted by Gasteiger charge is -2.10. The molecule has 0 spiro atoms. The molecule has 3 N–H and O–H groups in total. The number of nitrogen functional groups attached to an aromatic ring is 1. The Bertz CT molecular complexity index is 671. The van der Waals surface area contributed by atoms with Gasteiger partial charge in [-0.05, 0) is 31.9 Å². The molecule has 0 aliphatic heterocycles. The van der Waals surface area contributed by atoms with E-state index in [4.69, 9.17) is 10.5 Å². The van der Waals surface area contributed by atoms with E-state index in [0.29, 0.717) is 11.5 Å². The number of anilines is 2. The van der Waals surface area contributed by atoms with Gasteiger partial charge in [0.15, 0.2) is 0 Å². The number of rotatable bonds is 4. The number of hydrogen-bond donors (Lipinski definition) is 2. The second-order valence-electron chi connectivity index (χ2n) is 5.15. The first-order chi connectivity index (χ1) is 9.65. The highest BCUT2D eigenvalue weighted by atomic mass is 16.5. The van der Waals surface area contributed by atoms with Crippen molar-refractivity contribution in [2.75, 3.05) is 18.2 Å². The van der Waals surface area contributed by atoms with Gasteiger partial charge in [0.1, 0.15) is 11.6 Å². The minimum atomic E-state index is 0.0705. The maximum Gasteiger partial charge on any atom is 0.228 e. The Morgan fingerprint density at radius 2 is 2.25 bits per heavy atom. The van der Waals surface area contributed by atoms with Gasteiger partial charge in [0.25, 0.3) is 0 Å². The quantitative estimate of drug-likeness (QED) is 0.899. The van der Waals surface area contributed by atoms with Crippen LogP contribution in [-0.2, 0) is 11.3 Å². The molecule has 3 rings (SSSR count). The Morgan fingerprint density at radius 3 is 2.85 bits per heavy atom. The number of nitrogens with one attached hydrogen (secondary N) is 1. The minimum absolute atomic E-state index is 0.0705. The van der Waals surface area contributed by atoms with Crippen LogP contribution < -0.4 is 15.8 Å². The Balaban J connectivity index is 2.09. The van der Waals surface area contributed by atoms with Gasteiger partial charge < -0.3 is 20.4 Å². The molecular weight excluding hydrogens is 254 g/mol. The first-order valence-corrected chi connectivity index (χ1v) is 6.92. The molecule has 0 saturated heterocycles. The summed E-state index contributed by atoms with van der Waals surface area (Å²) in [6.45, 7) is 2.77. The summed E-state index contributed by atoms with van der Waals surface area (Å²) in [5.41, 5.74) is 7.80. The van der Waals surface area contributed by atoms with Crippen molar-refractivity contribution in [1.29, 1.82) is 0 Å². The molecule has 1 aliphatic rings. The summed E-state index contributed by atoms with van der Waals surface area (Å²) < 4.78 is 7.28. The molecule has 1 aromatic heterocycles. The molecule has 0 atom stereocenters. The number of benzene rings is 1. The molecule has 0 bridgehead atoms. The van der Waals surface area contributed by atoms with Crippen LogP contribution in [0.25, 0.3) is 10.9 Å². The van der Waals surface area contributed by atoms with E-state index in [-0.39, 0.29) is 11.8 Å². The van der Waals surface area contributed by atoms with E-state index in [1.807, 2.05) is 29.7 Å². The number of ether oxygens (including phenoxy) is 1. The van der Waals surface area contributed by atoms with Gasteiger partial charge in [0, 0.05) is 23.9 Å². The van der Waals surface area contributed by atoms with Gasteiger partial charge >= 0.3 is 0 Å². The van der Waals surface area contributed by atoms with E-state index in [1.165, 1.54) is 0 Å². The molecule has 1 aliphatic carbocycles. The van der Waals surface area contributed by atoms with Gasteiger partial charge in [-0.1, -0.05) is 0 Å². The number of aryl methyl sites for hydroxylation is 1. The average molecular weight is 273 g/mol. The summed E-state index contributed by atoms with van der Waals surface area (Å²) in [5, 5.41) is 3.92. The van der Waals surface area contributed by atoms with Gasteiger partial charge in [-0.25, -0.2) is 0 Å². The van der Waals surface area contributed by atoms with Crippen molar-refractivity contribution in [2.45, 2.75) is 26.3 Å². The lowest BCUT2D eigenvalue weighted by atomic mass is 10.2. The fraction of sp³-hybridized carbons (Fsp3) is 0.400. The fourth-order valence-electron chi connectivity index (χ4n) is 2.51. The van der Waals surface area contributed by atoms with E-state index >= 15 is 0 Å². The van der Waals surface area contributed by atoms with E-state index in [0.717, 1.165) is 36.0 Å². The monoisotopic (exact) mass is 273 g/mol. The van der Waals surface area contributed by atoms with Crippen LogP contribution in [0, 0.1) is 5.92 Å². The first-order valence-electron chi connectivity index (χ1n) is 6.92. The van der Waals surface area contributed by atoms with E-state index in [9.17, 15) is 4.79 Å². The minimum Gasteiger partial charge on any atom is -0.497 e. The summed E-state index contributed by atoms with van der Waals surface area (Å²) in [6.07, 6.45) is 1.96. The van der Waals surface area contributed by atoms with Gasteiger partial charge in [-0.3, -0.25) is 4.79 Å². The Morgan fingerprint density at radius 1 is 1.50 bits per heavy atom. The van der Waals surface area contributed by atoms with E-state index in [1.54, 1.807) is 7.11 Å². The van der Waals surface area contributed by atoms with Crippen molar-refractivity contribution in [1.82, 2.24) is 4.57 Å². The summed E-state index contributed by atoms with van der Waals surface area (Å²) in [7, 11) is 1.64. The second-order valence-corrected chi connectivity index (χ2v) is 5.15. The number of aromatic nitrogens is 1. The first kappa shape index (κ1) is 12.8. The predicted molar refractivity (Wildman–Crippen MR) is 79.9 cm³/mol. The van der Waals surface area contributed by atoms with Crippen molar-refractivity contribution >= 4 is 28.3 Å². The molecule has 5 heteroatoms. The highest BCUT2D eigenvalue weighted by Gasteiger charge is 2.31. The molecule has 1 heterocycles. The Hall–Kier alpha value is -2.17. The zero-order chi connectivity index (χ0) is 14.3. The third-order valence-electron chi connectivity index (χ3n) is 3.82. The number of hydrogen-bond acceptors (Lipinski definition) is 3. The predicted octanol–water partition coefficient (Wildman–Crippen LogP) is 2.60. The highest BCUT2D eigenvalue weighted by molar-refractivity contribution is 6.05. The fourth-order valence-corrected chi connectivity index (χ4v) is 2.51. The average Bonchev–Trinajstić information content (AvgIpc) is 3.27. The molecule has 1 amide bonds. The van der Waals surface area contributed by atoms with Crippen molar-refractivity contribution in [3.05, 3.63) is 18.2 Å². The van der Waals surface area contributed by atoms with Crippen LogP contribution in [0.4, 0.5) is 11.5 Å². The maximum atomic E-state index is 12.0. The second kappa shape index (κ2) is 4.74. The number of amides is 1. The molecule has 0 radical (unpaired) electrons. The topological polar surface area (TPSA) is 69.3 Å². The summed E-state index contributed by atoms with van der Waals surface area (Å²) in [4.78, 5) is 12.0. The summed E-state index contributed by atoms with van der Waals surface area (Å²) >= 11 is 0. The molecule has 0 unspecified atom stereocenters. The lowest BCUT2D eigenvalue weighted by molar-refractivity contribution is -0.117. The maximum absolute atomic E-state index is 12.0. The number of fused-ring (bicyclic) bond motifs is 1. The number of methoxy groups -OCH3 is 1. The summed E-state index contributed by atoms with van der Waals surface area (Å²) in [6, 6.07) is 5.76. The van der Waals surface area contributed by atoms with Crippen LogP contribution in [0.1, 0.15) is 19.8 Å². The Kier molecular flexibility index (Phi) is 3.04. The Labute approximate surface area is 117 Å². The molecule has 106 valence electrons.